The van der Waals surface area contributed by atoms with Crippen LogP contribution in [0.2, 0.25) is 0 Å². The molecule has 122 valence electrons. The first-order valence-electron chi connectivity index (χ1n) is 7.49. The van der Waals surface area contributed by atoms with Crippen molar-refractivity contribution in [1.82, 2.24) is 19.9 Å². The van der Waals surface area contributed by atoms with Gasteiger partial charge in [-0.3, -0.25) is 4.79 Å². The van der Waals surface area contributed by atoms with Crippen LogP contribution in [0.4, 0.5) is 5.95 Å². The first kappa shape index (κ1) is 15.8. The van der Waals surface area contributed by atoms with E-state index in [9.17, 15) is 4.79 Å². The van der Waals surface area contributed by atoms with E-state index in [4.69, 9.17) is 4.74 Å². The van der Waals surface area contributed by atoms with E-state index in [1.54, 1.807) is 30.4 Å². The first-order valence-corrected chi connectivity index (χ1v) is 7.49. The van der Waals surface area contributed by atoms with E-state index in [0.29, 0.717) is 11.6 Å². The van der Waals surface area contributed by atoms with Crippen LogP contribution in [0.5, 0.6) is 0 Å². The largest absolute Gasteiger partial charge is 0.458 e. The van der Waals surface area contributed by atoms with E-state index in [1.165, 1.54) is 0 Å². The Labute approximate surface area is 139 Å². The lowest BCUT2D eigenvalue weighted by Crippen LogP contribution is -2.28. The molecule has 7 heteroatoms. The fourth-order valence-electron chi connectivity index (χ4n) is 2.21. The number of benzene rings is 1. The Morgan fingerprint density at radius 3 is 2.46 bits per heavy atom. The van der Waals surface area contributed by atoms with Gasteiger partial charge in [-0.25, -0.2) is 19.9 Å². The summed E-state index contributed by atoms with van der Waals surface area (Å²) in [6.07, 6.45) is 3.25. The van der Waals surface area contributed by atoms with Gasteiger partial charge in [0.25, 0.3) is 0 Å². The zero-order valence-corrected chi connectivity index (χ0v) is 13.5. The van der Waals surface area contributed by atoms with Crippen molar-refractivity contribution in [2.75, 3.05) is 18.5 Å². The van der Waals surface area contributed by atoms with Gasteiger partial charge in [0.05, 0.1) is 22.4 Å². The summed E-state index contributed by atoms with van der Waals surface area (Å²) < 4.78 is 5.31. The van der Waals surface area contributed by atoms with Gasteiger partial charge < -0.3 is 9.64 Å². The molecule has 2 aromatic heterocycles. The molecule has 0 aliphatic rings. The van der Waals surface area contributed by atoms with Crippen LogP contribution in [0.3, 0.4) is 0 Å². The summed E-state index contributed by atoms with van der Waals surface area (Å²) in [7, 11) is 1.73. The van der Waals surface area contributed by atoms with E-state index in [-0.39, 0.29) is 19.1 Å². The van der Waals surface area contributed by atoms with Crippen molar-refractivity contribution < 1.29 is 9.53 Å². The fraction of sp³-hybridized carbons (Fsp3) is 0.235. The van der Waals surface area contributed by atoms with Gasteiger partial charge in [-0.1, -0.05) is 12.1 Å². The molecule has 0 radical (unpaired) electrons. The second-order valence-corrected chi connectivity index (χ2v) is 5.31. The molecule has 1 aromatic carbocycles. The molecule has 0 aliphatic carbocycles. The van der Waals surface area contributed by atoms with E-state index in [1.807, 2.05) is 31.2 Å². The van der Waals surface area contributed by atoms with Gasteiger partial charge in [0, 0.05) is 19.4 Å². The third kappa shape index (κ3) is 3.62. The highest BCUT2D eigenvalue weighted by Crippen LogP contribution is 2.13. The third-order valence-corrected chi connectivity index (χ3v) is 3.47. The highest BCUT2D eigenvalue weighted by Gasteiger charge is 2.12. The number of aryl methyl sites for hydroxylation is 1. The second kappa shape index (κ2) is 6.99. The Hall–Kier alpha value is -3.09. The number of aromatic nitrogens is 4. The minimum Gasteiger partial charge on any atom is -0.458 e. The van der Waals surface area contributed by atoms with Crippen LogP contribution in [0, 0.1) is 6.92 Å². The van der Waals surface area contributed by atoms with E-state index < -0.39 is 0 Å². The molecule has 0 saturated heterocycles. The second-order valence-electron chi connectivity index (χ2n) is 5.31. The Morgan fingerprint density at radius 1 is 1.08 bits per heavy atom. The summed E-state index contributed by atoms with van der Waals surface area (Å²) in [5.74, 6) is 0.0930. The lowest BCUT2D eigenvalue weighted by Gasteiger charge is -2.15. The van der Waals surface area contributed by atoms with Gasteiger partial charge in [-0.2, -0.15) is 0 Å². The van der Waals surface area contributed by atoms with Gasteiger partial charge >= 0.3 is 5.97 Å². The lowest BCUT2D eigenvalue weighted by molar-refractivity contribution is -0.143. The van der Waals surface area contributed by atoms with Gasteiger partial charge in [-0.15, -0.1) is 0 Å². The molecule has 24 heavy (non-hydrogen) atoms. The monoisotopic (exact) mass is 323 g/mol. The Kier molecular flexibility index (Phi) is 4.60. The number of nitrogens with zero attached hydrogens (tertiary/aromatic N) is 5. The van der Waals surface area contributed by atoms with Crippen molar-refractivity contribution in [3.63, 3.8) is 0 Å². The van der Waals surface area contributed by atoms with Crippen molar-refractivity contribution in [3.05, 3.63) is 54.1 Å². The summed E-state index contributed by atoms with van der Waals surface area (Å²) in [6, 6.07) is 9.32. The predicted octanol–water partition coefficient (Wildman–Crippen LogP) is 1.91. The van der Waals surface area contributed by atoms with Crippen LogP contribution in [0.1, 0.15) is 11.4 Å². The van der Waals surface area contributed by atoms with Gasteiger partial charge in [-0.05, 0) is 25.1 Å². The molecule has 0 unspecified atom stereocenters. The summed E-state index contributed by atoms with van der Waals surface area (Å²) in [4.78, 5) is 30.8. The van der Waals surface area contributed by atoms with E-state index in [2.05, 4.69) is 19.9 Å². The molecule has 0 bridgehead atoms. The number of carbonyl (C=O) groups excluding carboxylic acids is 1. The molecule has 3 aromatic rings. The SMILES string of the molecule is Cc1nc2ccccc2nc1COC(=O)CN(C)c1ncccn1. The molecule has 3 rings (SSSR count). The molecule has 0 saturated carbocycles. The third-order valence-electron chi connectivity index (χ3n) is 3.47. The van der Waals surface area contributed by atoms with Crippen LogP contribution in [-0.4, -0.2) is 39.5 Å². The number of fused-ring (bicyclic) bond motifs is 1. The number of ether oxygens (including phenoxy) is 1. The fourth-order valence-corrected chi connectivity index (χ4v) is 2.21. The van der Waals surface area contributed by atoms with Crippen molar-refractivity contribution in [2.45, 2.75) is 13.5 Å². The minimum atomic E-state index is -0.376. The van der Waals surface area contributed by atoms with Crippen molar-refractivity contribution in [1.29, 1.82) is 0 Å². The van der Waals surface area contributed by atoms with Crippen molar-refractivity contribution in [3.8, 4) is 0 Å². The number of hydrogen-bond donors (Lipinski definition) is 0. The standard InChI is InChI=1S/C17H17N5O2/c1-12-15(21-14-7-4-3-6-13(14)20-12)11-24-16(23)10-22(2)17-18-8-5-9-19-17/h3-9H,10-11H2,1-2H3. The number of esters is 1. The number of carbonyl (C=O) groups is 1. The molecule has 0 N–H and O–H groups in total. The maximum atomic E-state index is 12.0. The number of anilines is 1. The molecule has 7 nitrogen and oxygen atoms in total. The van der Waals surface area contributed by atoms with Gasteiger partial charge in [0.15, 0.2) is 0 Å². The summed E-state index contributed by atoms with van der Waals surface area (Å²) >= 11 is 0. The molecule has 0 aliphatic heterocycles. The average molecular weight is 323 g/mol. The minimum absolute atomic E-state index is 0.0596. The van der Waals surface area contributed by atoms with Gasteiger partial charge in [0.1, 0.15) is 13.2 Å². The molecule has 0 atom stereocenters. The zero-order valence-electron chi connectivity index (χ0n) is 13.5. The maximum Gasteiger partial charge on any atom is 0.326 e. The highest BCUT2D eigenvalue weighted by atomic mass is 16.5. The number of para-hydroxylation sites is 2. The number of likely N-dealkylation sites (N-methyl/N-ethyl adjacent to an activating group) is 1. The molecular formula is C17H17N5O2. The first-order chi connectivity index (χ1) is 11.6. The smallest absolute Gasteiger partial charge is 0.326 e. The quantitative estimate of drug-likeness (QED) is 0.663. The number of rotatable bonds is 5. The average Bonchev–Trinajstić information content (AvgIpc) is 2.60. The van der Waals surface area contributed by atoms with Crippen LogP contribution in [0.25, 0.3) is 11.0 Å². The van der Waals surface area contributed by atoms with Crippen molar-refractivity contribution in [2.24, 2.45) is 0 Å². The molecular weight excluding hydrogens is 306 g/mol. The van der Waals surface area contributed by atoms with Crippen LogP contribution < -0.4 is 4.90 Å². The molecule has 0 spiro atoms. The summed E-state index contributed by atoms with van der Waals surface area (Å²) in [5, 5.41) is 0. The zero-order chi connectivity index (χ0) is 16.9. The lowest BCUT2D eigenvalue weighted by atomic mass is 10.2. The van der Waals surface area contributed by atoms with Gasteiger partial charge in [0.2, 0.25) is 5.95 Å². The normalized spacial score (nSPS) is 10.6. The Morgan fingerprint density at radius 2 is 1.75 bits per heavy atom. The van der Waals surface area contributed by atoms with Crippen LogP contribution in [0.15, 0.2) is 42.7 Å². The Bertz CT molecular complexity index is 854. The van der Waals surface area contributed by atoms with Crippen LogP contribution in [-0.2, 0) is 16.1 Å². The Balaban J connectivity index is 1.63. The van der Waals surface area contributed by atoms with E-state index in [0.717, 1.165) is 16.7 Å². The molecule has 0 fully saturated rings. The predicted molar refractivity (Wildman–Crippen MR) is 89.4 cm³/mol. The molecule has 0 amide bonds. The summed E-state index contributed by atoms with van der Waals surface area (Å²) in [6.45, 7) is 2.00. The van der Waals surface area contributed by atoms with E-state index >= 15 is 0 Å². The van der Waals surface area contributed by atoms with Crippen molar-refractivity contribution >= 4 is 23.0 Å². The summed E-state index contributed by atoms with van der Waals surface area (Å²) in [5.41, 5.74) is 3.01. The van der Waals surface area contributed by atoms with Crippen LogP contribution >= 0.6 is 0 Å². The maximum absolute atomic E-state index is 12.0. The topological polar surface area (TPSA) is 81.1 Å². The highest BCUT2D eigenvalue weighted by molar-refractivity contribution is 5.75. The number of hydrogen-bond acceptors (Lipinski definition) is 7. The molecule has 2 heterocycles.